The summed E-state index contributed by atoms with van der Waals surface area (Å²) < 4.78 is 107. The van der Waals surface area contributed by atoms with Crippen molar-refractivity contribution in [3.8, 4) is 0 Å². The summed E-state index contributed by atoms with van der Waals surface area (Å²) >= 11 is 0. The zero-order valence-electron chi connectivity index (χ0n) is 57.8. The molecule has 0 saturated heterocycles. The minimum atomic E-state index is -3.96. The summed E-state index contributed by atoms with van der Waals surface area (Å²) in [5.74, 6) is -4.58. The van der Waals surface area contributed by atoms with Crippen molar-refractivity contribution in [1.29, 1.82) is 0 Å². The van der Waals surface area contributed by atoms with Crippen LogP contribution < -0.4 is 29.1 Å². The average Bonchev–Trinajstić information content (AvgIpc) is 3.54. The molecule has 0 rings (SSSR count). The van der Waals surface area contributed by atoms with Crippen molar-refractivity contribution in [2.75, 3.05) is 23.0 Å². The monoisotopic (exact) mass is 1470 g/mol. The SMILES string of the molecule is CCCCCCCCCCCCCCCCS(=O)(=O)NC(NS(=O)(=O)CCCCCCCCCCCCCCCC)C(=O)[O-].CCCCCCCCCCCCCCCCS(=O)(=O)NC(NS(=O)(=O)CCCCCCCCCCCCCCCC)C(=O)[O-].[Ba+2]. The van der Waals surface area contributed by atoms with Crippen LogP contribution in [0.25, 0.3) is 0 Å². The predicted octanol–water partition coefficient (Wildman–Crippen LogP) is 15.3. The van der Waals surface area contributed by atoms with E-state index < -0.39 is 64.4 Å². The summed E-state index contributed by atoms with van der Waals surface area (Å²) in [6.07, 6.45) is 60.0. The van der Waals surface area contributed by atoms with Crippen LogP contribution in [-0.4, -0.2) is 130 Å². The van der Waals surface area contributed by atoms with Gasteiger partial charge in [0.1, 0.15) is 12.3 Å². The first-order valence-electron chi connectivity index (χ1n) is 36.7. The van der Waals surface area contributed by atoms with E-state index in [2.05, 4.69) is 27.7 Å². The van der Waals surface area contributed by atoms with Crippen molar-refractivity contribution in [3.63, 3.8) is 0 Å². The first-order chi connectivity index (χ1) is 42.3. The first kappa shape index (κ1) is 93.3. The zero-order valence-corrected chi connectivity index (χ0v) is 65.5. The molecule has 0 radical (unpaired) electrons. The maximum absolute atomic E-state index is 12.4. The Hall–Kier alpha value is 0.151. The number of carbonyl (C=O) groups is 2. The summed E-state index contributed by atoms with van der Waals surface area (Å²) in [5.41, 5.74) is 0. The molecule has 0 amide bonds. The number of unbranched alkanes of at least 4 members (excludes halogenated alkanes) is 52. The molecule has 0 bridgehead atoms. The van der Waals surface area contributed by atoms with Gasteiger partial charge < -0.3 is 19.8 Å². The number of carbonyl (C=O) groups excluding carboxylic acids is 2. The summed E-state index contributed by atoms with van der Waals surface area (Å²) in [4.78, 5) is 23.0. The van der Waals surface area contributed by atoms with Gasteiger partial charge in [0.25, 0.3) is 0 Å². The molecular formula is C68H138BaN4O12S4. The van der Waals surface area contributed by atoms with Crippen molar-refractivity contribution in [2.24, 2.45) is 0 Å². The van der Waals surface area contributed by atoms with Crippen LogP contribution in [0.15, 0.2) is 0 Å². The Bertz CT molecular complexity index is 1750. The van der Waals surface area contributed by atoms with Crippen LogP contribution in [0.2, 0.25) is 0 Å². The van der Waals surface area contributed by atoms with Gasteiger partial charge >= 0.3 is 48.9 Å². The molecule has 528 valence electrons. The molecule has 89 heavy (non-hydrogen) atoms. The van der Waals surface area contributed by atoms with Gasteiger partial charge in [-0.25, -0.2) is 33.7 Å². The van der Waals surface area contributed by atoms with E-state index >= 15 is 0 Å². The summed E-state index contributed by atoms with van der Waals surface area (Å²) in [6.45, 7) is 8.93. The van der Waals surface area contributed by atoms with E-state index in [1.165, 1.54) is 231 Å². The Kier molecular flexibility index (Phi) is 70.0. The topological polar surface area (TPSA) is 265 Å². The van der Waals surface area contributed by atoms with Gasteiger partial charge in [-0.1, -0.05) is 362 Å². The van der Waals surface area contributed by atoms with Crippen molar-refractivity contribution in [1.82, 2.24) is 18.9 Å². The second-order valence-electron chi connectivity index (χ2n) is 25.6. The van der Waals surface area contributed by atoms with Gasteiger partial charge in [-0.05, 0) is 25.7 Å². The molecule has 0 atom stereocenters. The number of sulfonamides is 4. The van der Waals surface area contributed by atoms with Crippen LogP contribution >= 0.6 is 0 Å². The molecule has 21 heteroatoms. The number of rotatable bonds is 70. The Morgan fingerprint density at radius 3 is 0.427 bits per heavy atom. The van der Waals surface area contributed by atoms with E-state index in [-0.39, 0.29) is 71.9 Å². The number of nitrogens with one attached hydrogen (secondary N) is 4. The second-order valence-corrected chi connectivity index (χ2v) is 33.1. The van der Waals surface area contributed by atoms with E-state index in [9.17, 15) is 53.5 Å². The summed E-state index contributed by atoms with van der Waals surface area (Å²) in [7, 11) is -15.8. The van der Waals surface area contributed by atoms with E-state index in [0.29, 0.717) is 25.7 Å². The van der Waals surface area contributed by atoms with Crippen LogP contribution in [-0.2, 0) is 49.7 Å². The van der Waals surface area contributed by atoms with E-state index in [4.69, 9.17) is 0 Å². The Morgan fingerprint density at radius 2 is 0.326 bits per heavy atom. The molecule has 0 aromatic heterocycles. The van der Waals surface area contributed by atoms with Gasteiger partial charge in [-0.2, -0.15) is 18.9 Å². The van der Waals surface area contributed by atoms with Crippen LogP contribution in [0.5, 0.6) is 0 Å². The molecule has 0 aromatic carbocycles. The number of carboxylic acid groups (broad SMARTS) is 2. The summed E-state index contributed by atoms with van der Waals surface area (Å²) in [6, 6.07) is 0. The predicted molar refractivity (Wildman–Crippen MR) is 372 cm³/mol. The molecular weight excluding hydrogens is 1330 g/mol. The maximum atomic E-state index is 12.4. The third-order valence-electron chi connectivity index (χ3n) is 16.7. The normalized spacial score (nSPS) is 12.2. The van der Waals surface area contributed by atoms with Gasteiger partial charge in [0.05, 0.1) is 35.0 Å². The smallest absolute Gasteiger partial charge is 0.547 e. The fraction of sp³-hybridized carbons (Fsp3) is 0.971. The average molecular weight is 1470 g/mol. The fourth-order valence-corrected chi connectivity index (χ4v) is 16.2. The third kappa shape index (κ3) is 70.8. The number of hydrogen-bond donors (Lipinski definition) is 4. The van der Waals surface area contributed by atoms with E-state index in [1.807, 2.05) is 18.9 Å². The quantitative estimate of drug-likeness (QED) is 0.0252. The van der Waals surface area contributed by atoms with Gasteiger partial charge in [0, 0.05) is 0 Å². The molecule has 0 aliphatic carbocycles. The van der Waals surface area contributed by atoms with Crippen molar-refractivity contribution in [2.45, 2.75) is 400 Å². The molecule has 0 aromatic rings. The van der Waals surface area contributed by atoms with Crippen molar-refractivity contribution < 1.29 is 53.5 Å². The van der Waals surface area contributed by atoms with Crippen LogP contribution in [0.3, 0.4) is 0 Å². The van der Waals surface area contributed by atoms with E-state index in [1.54, 1.807) is 0 Å². The van der Waals surface area contributed by atoms with Crippen LogP contribution in [0, 0.1) is 0 Å². The molecule has 0 fully saturated rings. The Morgan fingerprint density at radius 1 is 0.225 bits per heavy atom. The summed E-state index contributed by atoms with van der Waals surface area (Å²) in [5, 5.41) is 23.0. The molecule has 0 heterocycles. The second kappa shape index (κ2) is 66.8. The largest absolute Gasteiger partial charge is 2.00 e. The van der Waals surface area contributed by atoms with Gasteiger partial charge in [-0.3, -0.25) is 0 Å². The van der Waals surface area contributed by atoms with Crippen LogP contribution in [0.1, 0.15) is 387 Å². The van der Waals surface area contributed by atoms with E-state index in [0.717, 1.165) is 103 Å². The molecule has 0 aliphatic heterocycles. The molecule has 0 saturated carbocycles. The zero-order chi connectivity index (χ0) is 65.6. The van der Waals surface area contributed by atoms with Gasteiger partial charge in [0.2, 0.25) is 40.1 Å². The number of aliphatic carboxylic acids is 2. The Labute approximate surface area is 590 Å². The number of hydrogen-bond acceptors (Lipinski definition) is 12. The fourth-order valence-electron chi connectivity index (χ4n) is 11.1. The Balaban J connectivity index is -0.00000164. The molecule has 16 nitrogen and oxygen atoms in total. The van der Waals surface area contributed by atoms with Crippen LogP contribution in [0.4, 0.5) is 0 Å². The maximum Gasteiger partial charge on any atom is 2.00 e. The third-order valence-corrected chi connectivity index (χ3v) is 22.4. The number of carboxylic acids is 2. The minimum absolute atomic E-state index is 0. The van der Waals surface area contributed by atoms with Crippen molar-refractivity contribution in [3.05, 3.63) is 0 Å². The van der Waals surface area contributed by atoms with Gasteiger partial charge in [-0.15, -0.1) is 0 Å². The minimum Gasteiger partial charge on any atom is -0.547 e. The molecule has 0 spiro atoms. The van der Waals surface area contributed by atoms with Crippen molar-refractivity contribution >= 4 is 101 Å². The molecule has 0 aliphatic rings. The first-order valence-corrected chi connectivity index (χ1v) is 43.3. The van der Waals surface area contributed by atoms with Gasteiger partial charge in [0.15, 0.2) is 0 Å². The standard InChI is InChI=1S/2C34H70N2O6S2.Ba/c2*1-3-5-7-9-11-13-15-17-19-21-23-25-27-29-31-43(39,40)35-33(34(37)38)36-44(41,42)32-30-28-26-24-22-20-18-16-14-12-10-8-6-4-2;/h2*33,35-36H,3-32H2,1-2H3,(H,37,38);/q;;+2/p-2. The molecule has 4 N–H and O–H groups in total. The molecule has 0 unspecified atom stereocenters.